The molecule has 2 N–H and O–H groups in total. The number of H-pyrrole nitrogens is 2. The molecule has 0 spiro atoms. The molecule has 32 heavy (non-hydrogen) atoms. The van der Waals surface area contributed by atoms with E-state index in [4.69, 9.17) is 0 Å². The van der Waals surface area contributed by atoms with Crippen LogP contribution in [0.4, 0.5) is 0 Å². The summed E-state index contributed by atoms with van der Waals surface area (Å²) in [5.74, 6) is -2.03. The molecule has 0 fully saturated rings. The van der Waals surface area contributed by atoms with Gasteiger partial charge < -0.3 is 9.97 Å². The van der Waals surface area contributed by atoms with E-state index in [1.54, 1.807) is 6.92 Å². The van der Waals surface area contributed by atoms with Gasteiger partial charge in [0.25, 0.3) is 0 Å². The molecule has 2 aromatic carbocycles. The lowest BCUT2D eigenvalue weighted by Crippen LogP contribution is -2.24. The SMILES string of the molecule is CCCCS(=O)(=O)CC(=O)C(=O)CC.c1ccc2[nH]ccc2c1.c1ccc2[nH]ccc2c1. The molecule has 0 saturated carbocycles. The Labute approximate surface area is 189 Å². The van der Waals surface area contributed by atoms with Crippen molar-refractivity contribution >= 4 is 43.2 Å². The number of carbonyl (C=O) groups excluding carboxylic acids is 2. The molecular weight excluding hydrogens is 424 g/mol. The minimum Gasteiger partial charge on any atom is -0.361 e. The number of rotatable bonds is 7. The van der Waals surface area contributed by atoms with Crippen LogP contribution in [0.15, 0.2) is 73.1 Å². The minimum absolute atomic E-state index is 0.00770. The number of aromatic nitrogens is 2. The van der Waals surface area contributed by atoms with Crippen molar-refractivity contribution in [2.75, 3.05) is 11.5 Å². The molecule has 0 atom stereocenters. The number of ketones is 2. The second-order valence-electron chi connectivity index (χ2n) is 7.28. The van der Waals surface area contributed by atoms with E-state index in [0.29, 0.717) is 6.42 Å². The second-order valence-corrected chi connectivity index (χ2v) is 9.46. The molecule has 0 saturated heterocycles. The maximum Gasteiger partial charge on any atom is 0.213 e. The van der Waals surface area contributed by atoms with Gasteiger partial charge in [0, 0.05) is 29.8 Å². The van der Waals surface area contributed by atoms with Crippen LogP contribution in [0.25, 0.3) is 21.8 Å². The van der Waals surface area contributed by atoms with Crippen molar-refractivity contribution in [3.63, 3.8) is 0 Å². The van der Waals surface area contributed by atoms with E-state index < -0.39 is 27.2 Å². The van der Waals surface area contributed by atoms with E-state index in [2.05, 4.69) is 46.4 Å². The predicted octanol–water partition coefficient (Wildman–Crippen LogP) is 5.09. The number of benzene rings is 2. The van der Waals surface area contributed by atoms with Gasteiger partial charge in [-0.1, -0.05) is 56.7 Å². The zero-order chi connectivity index (χ0) is 23.4. The highest BCUT2D eigenvalue weighted by molar-refractivity contribution is 7.92. The molecule has 0 unspecified atom stereocenters. The lowest BCUT2D eigenvalue weighted by Gasteiger charge is -2.00. The molecule has 6 nitrogen and oxygen atoms in total. The summed E-state index contributed by atoms with van der Waals surface area (Å²) < 4.78 is 22.5. The number of fused-ring (bicyclic) bond motifs is 2. The van der Waals surface area contributed by atoms with Crippen molar-refractivity contribution in [2.45, 2.75) is 33.1 Å². The number of nitrogens with one attached hydrogen (secondary N) is 2. The third-order valence-corrected chi connectivity index (χ3v) is 6.33. The fourth-order valence-corrected chi connectivity index (χ4v) is 4.34. The Morgan fingerprint density at radius 3 is 1.69 bits per heavy atom. The summed E-state index contributed by atoms with van der Waals surface area (Å²) in [5, 5.41) is 2.55. The molecule has 4 aromatic rings. The van der Waals surface area contributed by atoms with Crippen LogP contribution < -0.4 is 0 Å². The number of hydrogen-bond donors (Lipinski definition) is 2. The highest BCUT2D eigenvalue weighted by Gasteiger charge is 2.20. The first-order valence-electron chi connectivity index (χ1n) is 10.7. The molecule has 0 radical (unpaired) electrons. The van der Waals surface area contributed by atoms with Gasteiger partial charge in [-0.3, -0.25) is 9.59 Å². The summed E-state index contributed by atoms with van der Waals surface area (Å²) >= 11 is 0. The van der Waals surface area contributed by atoms with E-state index in [1.807, 2.05) is 43.6 Å². The topological polar surface area (TPSA) is 99.9 Å². The molecule has 0 amide bonds. The summed E-state index contributed by atoms with van der Waals surface area (Å²) in [6.45, 7) is 3.41. The van der Waals surface area contributed by atoms with E-state index in [9.17, 15) is 18.0 Å². The molecule has 2 heterocycles. The number of carbonyl (C=O) groups is 2. The normalized spacial score (nSPS) is 10.7. The van der Waals surface area contributed by atoms with Crippen LogP contribution >= 0.6 is 0 Å². The van der Waals surface area contributed by atoms with Gasteiger partial charge in [0.05, 0.1) is 5.75 Å². The van der Waals surface area contributed by atoms with Crippen LogP contribution in [0.3, 0.4) is 0 Å². The van der Waals surface area contributed by atoms with E-state index >= 15 is 0 Å². The lowest BCUT2D eigenvalue weighted by molar-refractivity contribution is -0.134. The number of para-hydroxylation sites is 2. The van der Waals surface area contributed by atoms with Crippen molar-refractivity contribution in [3.8, 4) is 0 Å². The maximum absolute atomic E-state index is 11.2. The standard InChI is InChI=1S/C9H16O4S.2C8H7N/c1-3-5-6-14(12,13)7-9(11)8(10)4-2;2*1-2-4-8-7(3-1)5-6-9-8/h3-7H2,1-2H3;2*1-6,9H. The zero-order valence-electron chi connectivity index (χ0n) is 18.5. The zero-order valence-corrected chi connectivity index (χ0v) is 19.3. The smallest absolute Gasteiger partial charge is 0.213 e. The average molecular weight is 455 g/mol. The van der Waals surface area contributed by atoms with E-state index in [0.717, 1.165) is 6.42 Å². The molecule has 7 heteroatoms. The summed E-state index contributed by atoms with van der Waals surface area (Å²) in [5.41, 5.74) is 2.41. The first-order valence-corrected chi connectivity index (χ1v) is 12.5. The van der Waals surface area contributed by atoms with Crippen LogP contribution in [-0.4, -0.2) is 41.5 Å². The lowest BCUT2D eigenvalue weighted by atomic mass is 10.2. The van der Waals surface area contributed by atoms with Gasteiger partial charge in [-0.15, -0.1) is 0 Å². The number of aromatic amines is 2. The first-order chi connectivity index (χ1) is 15.4. The van der Waals surface area contributed by atoms with Crippen molar-refractivity contribution in [3.05, 3.63) is 73.1 Å². The molecule has 170 valence electrons. The van der Waals surface area contributed by atoms with Crippen molar-refractivity contribution in [2.24, 2.45) is 0 Å². The van der Waals surface area contributed by atoms with Crippen molar-refractivity contribution in [1.29, 1.82) is 0 Å². The summed E-state index contributed by atoms with van der Waals surface area (Å²) in [6.07, 6.45) is 5.27. The van der Waals surface area contributed by atoms with E-state index in [1.165, 1.54) is 21.8 Å². The van der Waals surface area contributed by atoms with Crippen LogP contribution in [0.5, 0.6) is 0 Å². The van der Waals surface area contributed by atoms with Gasteiger partial charge in [0.2, 0.25) is 5.78 Å². The summed E-state index contributed by atoms with van der Waals surface area (Å²) in [6, 6.07) is 20.6. The Hall–Kier alpha value is -3.19. The Kier molecular flexibility index (Phi) is 9.88. The number of unbranched alkanes of at least 4 members (excludes halogenated alkanes) is 1. The van der Waals surface area contributed by atoms with Gasteiger partial charge in [-0.25, -0.2) is 8.42 Å². The number of sulfone groups is 1. The van der Waals surface area contributed by atoms with Gasteiger partial charge in [-0.05, 0) is 41.5 Å². The Bertz CT molecular complexity index is 1110. The molecular formula is C25H30N2O4S. The molecule has 0 bridgehead atoms. The summed E-state index contributed by atoms with van der Waals surface area (Å²) in [4.78, 5) is 28.1. The molecule has 2 aromatic heterocycles. The van der Waals surface area contributed by atoms with E-state index in [-0.39, 0.29) is 12.2 Å². The van der Waals surface area contributed by atoms with Crippen LogP contribution in [0.2, 0.25) is 0 Å². The van der Waals surface area contributed by atoms with Crippen molar-refractivity contribution in [1.82, 2.24) is 9.97 Å². The van der Waals surface area contributed by atoms with Crippen LogP contribution in [-0.2, 0) is 19.4 Å². The van der Waals surface area contributed by atoms with Crippen LogP contribution in [0.1, 0.15) is 33.1 Å². The highest BCUT2D eigenvalue weighted by atomic mass is 32.2. The number of Topliss-reactive ketones (excluding diaryl/α,β-unsaturated/α-hetero) is 2. The second kappa shape index (κ2) is 12.6. The minimum atomic E-state index is -3.37. The Morgan fingerprint density at radius 2 is 1.25 bits per heavy atom. The number of hydrogen-bond acceptors (Lipinski definition) is 4. The van der Waals surface area contributed by atoms with Gasteiger partial charge in [0.15, 0.2) is 15.6 Å². The van der Waals surface area contributed by atoms with Crippen molar-refractivity contribution < 1.29 is 18.0 Å². The van der Waals surface area contributed by atoms with Crippen LogP contribution in [0, 0.1) is 0 Å². The fraction of sp³-hybridized carbons (Fsp3) is 0.280. The third kappa shape index (κ3) is 8.15. The Balaban J connectivity index is 0.000000175. The fourth-order valence-electron chi connectivity index (χ4n) is 2.90. The largest absolute Gasteiger partial charge is 0.361 e. The molecule has 4 rings (SSSR count). The molecule has 0 aliphatic heterocycles. The van der Waals surface area contributed by atoms with Gasteiger partial charge >= 0.3 is 0 Å². The highest BCUT2D eigenvalue weighted by Crippen LogP contribution is 2.10. The predicted molar refractivity (Wildman–Crippen MR) is 130 cm³/mol. The molecule has 0 aliphatic rings. The van der Waals surface area contributed by atoms with Gasteiger partial charge in [-0.2, -0.15) is 0 Å². The summed E-state index contributed by atoms with van der Waals surface area (Å²) in [7, 11) is -3.37. The van der Waals surface area contributed by atoms with Gasteiger partial charge in [0.1, 0.15) is 5.75 Å². The third-order valence-electron chi connectivity index (χ3n) is 4.72. The average Bonchev–Trinajstić information content (AvgIpc) is 3.47. The first kappa shape index (κ1) is 25.1. The quantitative estimate of drug-likeness (QED) is 0.380. The Morgan fingerprint density at radius 1 is 0.750 bits per heavy atom. The monoisotopic (exact) mass is 454 g/mol. The molecule has 0 aliphatic carbocycles. The maximum atomic E-state index is 11.2.